The molecule has 6 heteroatoms. The van der Waals surface area contributed by atoms with Crippen molar-refractivity contribution in [3.8, 4) is 0 Å². The van der Waals surface area contributed by atoms with Gasteiger partial charge in [-0.05, 0) is 25.2 Å². The zero-order valence-corrected chi connectivity index (χ0v) is 14.9. The topological polar surface area (TPSA) is 53.1 Å². The number of carbonyl (C=O) groups is 2. The van der Waals surface area contributed by atoms with Gasteiger partial charge in [0.05, 0.1) is 19.7 Å². The van der Waals surface area contributed by atoms with Crippen molar-refractivity contribution in [1.82, 2.24) is 14.7 Å². The van der Waals surface area contributed by atoms with Crippen LogP contribution in [0.25, 0.3) is 0 Å². The third kappa shape index (κ3) is 2.94. The molecule has 134 valence electrons. The molecule has 0 aromatic heterocycles. The lowest BCUT2D eigenvalue weighted by Crippen LogP contribution is -2.74. The second kappa shape index (κ2) is 5.99. The largest absolute Gasteiger partial charge is 0.368 e. The standard InChI is InChI=1S/C18H29N3O3/c1-13(2)16(22)21-11-18(12-21)10-20(8-14-4-5-14)15(9-24-18)17(23)19-6-3-7-19/h13-15H,3-12H2,1-2H3/t15-/m1/s1. The molecule has 3 heterocycles. The molecule has 1 spiro atoms. The maximum atomic E-state index is 12.7. The van der Waals surface area contributed by atoms with E-state index in [9.17, 15) is 9.59 Å². The van der Waals surface area contributed by atoms with E-state index >= 15 is 0 Å². The molecule has 6 nitrogen and oxygen atoms in total. The highest BCUT2D eigenvalue weighted by molar-refractivity contribution is 5.83. The first-order valence-electron chi connectivity index (χ1n) is 9.43. The molecule has 24 heavy (non-hydrogen) atoms. The smallest absolute Gasteiger partial charge is 0.242 e. The summed E-state index contributed by atoms with van der Waals surface area (Å²) >= 11 is 0. The van der Waals surface area contributed by atoms with Gasteiger partial charge in [-0.2, -0.15) is 0 Å². The molecule has 1 atom stereocenters. The van der Waals surface area contributed by atoms with Crippen molar-refractivity contribution in [3.63, 3.8) is 0 Å². The van der Waals surface area contributed by atoms with Crippen LogP contribution in [0.1, 0.15) is 33.1 Å². The average molecular weight is 335 g/mol. The number of carbonyl (C=O) groups excluding carboxylic acids is 2. The summed E-state index contributed by atoms with van der Waals surface area (Å²) in [7, 11) is 0. The molecule has 0 N–H and O–H groups in total. The van der Waals surface area contributed by atoms with Gasteiger partial charge in [0.15, 0.2) is 0 Å². The molecule has 0 unspecified atom stereocenters. The summed E-state index contributed by atoms with van der Waals surface area (Å²) in [6, 6.07) is -0.119. The maximum absolute atomic E-state index is 12.7. The van der Waals surface area contributed by atoms with E-state index in [1.807, 2.05) is 23.6 Å². The van der Waals surface area contributed by atoms with Crippen molar-refractivity contribution in [3.05, 3.63) is 0 Å². The number of likely N-dealkylation sites (tertiary alicyclic amines) is 2. The molecular weight excluding hydrogens is 306 g/mol. The number of amides is 2. The van der Waals surface area contributed by atoms with E-state index < -0.39 is 0 Å². The molecule has 3 saturated heterocycles. The van der Waals surface area contributed by atoms with Crippen molar-refractivity contribution >= 4 is 11.8 Å². The first-order chi connectivity index (χ1) is 11.5. The zero-order chi connectivity index (χ0) is 16.9. The third-order valence-electron chi connectivity index (χ3n) is 5.89. The maximum Gasteiger partial charge on any atom is 0.242 e. The fraction of sp³-hybridized carbons (Fsp3) is 0.889. The number of ether oxygens (including phenoxy) is 1. The molecule has 1 saturated carbocycles. The van der Waals surface area contributed by atoms with Gasteiger partial charge in [-0.15, -0.1) is 0 Å². The summed E-state index contributed by atoms with van der Waals surface area (Å²) in [5.74, 6) is 1.23. The Labute approximate surface area is 144 Å². The van der Waals surface area contributed by atoms with Gasteiger partial charge in [-0.25, -0.2) is 0 Å². The second-order valence-electron chi connectivity index (χ2n) is 8.41. The lowest BCUT2D eigenvalue weighted by molar-refractivity contribution is -0.208. The first-order valence-corrected chi connectivity index (χ1v) is 9.43. The van der Waals surface area contributed by atoms with Gasteiger partial charge in [0.25, 0.3) is 0 Å². The third-order valence-corrected chi connectivity index (χ3v) is 5.89. The van der Waals surface area contributed by atoms with Crippen molar-refractivity contribution in [2.45, 2.75) is 44.8 Å². The zero-order valence-electron chi connectivity index (χ0n) is 14.9. The SMILES string of the molecule is CC(C)C(=O)N1CC2(C1)CN(CC1CC1)[C@@H](C(=O)N1CCC1)CO2. The van der Waals surface area contributed by atoms with E-state index in [1.54, 1.807) is 0 Å². The lowest BCUT2D eigenvalue weighted by atomic mass is 9.89. The minimum Gasteiger partial charge on any atom is -0.368 e. The molecule has 1 aliphatic carbocycles. The highest BCUT2D eigenvalue weighted by Crippen LogP contribution is 2.36. The van der Waals surface area contributed by atoms with Crippen LogP contribution < -0.4 is 0 Å². The number of rotatable bonds is 4. The van der Waals surface area contributed by atoms with E-state index in [0.717, 1.165) is 38.5 Å². The van der Waals surface area contributed by atoms with Crippen LogP contribution in [0.2, 0.25) is 0 Å². The van der Waals surface area contributed by atoms with Gasteiger partial charge in [0, 0.05) is 32.1 Å². The monoisotopic (exact) mass is 335 g/mol. The Balaban J connectivity index is 1.40. The summed E-state index contributed by atoms with van der Waals surface area (Å²) in [6.45, 7) is 9.30. The van der Waals surface area contributed by atoms with Gasteiger partial charge in [0.1, 0.15) is 11.6 Å². The Morgan fingerprint density at radius 1 is 1.12 bits per heavy atom. The average Bonchev–Trinajstić information content (AvgIpc) is 3.25. The van der Waals surface area contributed by atoms with Crippen LogP contribution in [-0.4, -0.2) is 84.0 Å². The van der Waals surface area contributed by atoms with Crippen molar-refractivity contribution in [2.24, 2.45) is 11.8 Å². The van der Waals surface area contributed by atoms with Gasteiger partial charge in [-0.3, -0.25) is 14.5 Å². The normalized spacial score (nSPS) is 29.5. The fourth-order valence-electron chi connectivity index (χ4n) is 4.05. The molecule has 4 rings (SSSR count). The van der Waals surface area contributed by atoms with Gasteiger partial charge >= 0.3 is 0 Å². The molecule has 4 fully saturated rings. The summed E-state index contributed by atoms with van der Waals surface area (Å²) in [6.07, 6.45) is 3.69. The van der Waals surface area contributed by atoms with Gasteiger partial charge in [0.2, 0.25) is 11.8 Å². The van der Waals surface area contributed by atoms with E-state index in [2.05, 4.69) is 4.90 Å². The molecule has 2 amide bonds. The lowest BCUT2D eigenvalue weighted by Gasteiger charge is -2.56. The Bertz CT molecular complexity index is 522. The number of hydrogen-bond acceptors (Lipinski definition) is 4. The van der Waals surface area contributed by atoms with Crippen LogP contribution >= 0.6 is 0 Å². The Morgan fingerprint density at radius 2 is 1.83 bits per heavy atom. The van der Waals surface area contributed by atoms with Crippen LogP contribution in [0.3, 0.4) is 0 Å². The number of morpholine rings is 1. The van der Waals surface area contributed by atoms with Crippen molar-refractivity contribution in [2.75, 3.05) is 45.9 Å². The van der Waals surface area contributed by atoms with Gasteiger partial charge in [-0.1, -0.05) is 13.8 Å². The molecule has 3 aliphatic heterocycles. The van der Waals surface area contributed by atoms with Crippen molar-refractivity contribution in [1.29, 1.82) is 0 Å². The summed E-state index contributed by atoms with van der Waals surface area (Å²) < 4.78 is 6.16. The number of nitrogens with zero attached hydrogens (tertiary/aromatic N) is 3. The minimum atomic E-state index is -0.245. The number of hydrogen-bond donors (Lipinski definition) is 0. The molecule has 0 aromatic carbocycles. The van der Waals surface area contributed by atoms with Crippen LogP contribution in [0, 0.1) is 11.8 Å². The summed E-state index contributed by atoms with van der Waals surface area (Å²) in [5.41, 5.74) is -0.245. The first kappa shape index (κ1) is 16.3. The molecule has 0 bridgehead atoms. The highest BCUT2D eigenvalue weighted by atomic mass is 16.5. The summed E-state index contributed by atoms with van der Waals surface area (Å²) in [5, 5.41) is 0. The van der Waals surface area contributed by atoms with Crippen LogP contribution in [0.5, 0.6) is 0 Å². The van der Waals surface area contributed by atoms with E-state index in [-0.39, 0.29) is 29.4 Å². The molecule has 0 radical (unpaired) electrons. The Kier molecular flexibility index (Phi) is 4.07. The Hall–Kier alpha value is -1.14. The van der Waals surface area contributed by atoms with Gasteiger partial charge < -0.3 is 14.5 Å². The van der Waals surface area contributed by atoms with E-state index in [0.29, 0.717) is 19.7 Å². The van der Waals surface area contributed by atoms with Crippen molar-refractivity contribution < 1.29 is 14.3 Å². The summed E-state index contributed by atoms with van der Waals surface area (Å²) in [4.78, 5) is 31.1. The van der Waals surface area contributed by atoms with E-state index in [4.69, 9.17) is 4.74 Å². The molecule has 4 aliphatic rings. The van der Waals surface area contributed by atoms with Crippen LogP contribution in [-0.2, 0) is 14.3 Å². The Morgan fingerprint density at radius 3 is 2.38 bits per heavy atom. The quantitative estimate of drug-likeness (QED) is 0.754. The molecular formula is C18H29N3O3. The predicted octanol–water partition coefficient (Wildman–Crippen LogP) is 0.567. The highest BCUT2D eigenvalue weighted by Gasteiger charge is 2.53. The van der Waals surface area contributed by atoms with Crippen LogP contribution in [0.15, 0.2) is 0 Å². The predicted molar refractivity (Wildman–Crippen MR) is 89.4 cm³/mol. The van der Waals surface area contributed by atoms with E-state index in [1.165, 1.54) is 12.8 Å². The van der Waals surface area contributed by atoms with Crippen LogP contribution in [0.4, 0.5) is 0 Å². The second-order valence-corrected chi connectivity index (χ2v) is 8.41. The minimum absolute atomic E-state index is 0.0363. The fourth-order valence-corrected chi connectivity index (χ4v) is 4.05. The molecule has 0 aromatic rings.